The summed E-state index contributed by atoms with van der Waals surface area (Å²) in [4.78, 5) is 26.6. The van der Waals surface area contributed by atoms with Gasteiger partial charge in [-0.1, -0.05) is 60.7 Å². The molecule has 0 spiro atoms. The second-order valence-corrected chi connectivity index (χ2v) is 7.18. The van der Waals surface area contributed by atoms with E-state index in [0.29, 0.717) is 6.42 Å². The van der Waals surface area contributed by atoms with Crippen molar-refractivity contribution in [3.63, 3.8) is 0 Å². The van der Waals surface area contributed by atoms with Gasteiger partial charge in [0.2, 0.25) is 5.91 Å². The number of carbonyl (C=O) groups excluding carboxylic acids is 2. The molecule has 2 rings (SSSR count). The maximum Gasteiger partial charge on any atom is 0.417 e. The monoisotopic (exact) mass is 354 g/mol. The van der Waals surface area contributed by atoms with Gasteiger partial charge < -0.3 is 10.5 Å². The van der Waals surface area contributed by atoms with E-state index >= 15 is 0 Å². The van der Waals surface area contributed by atoms with Crippen molar-refractivity contribution < 1.29 is 14.3 Å². The van der Waals surface area contributed by atoms with Crippen LogP contribution in [-0.4, -0.2) is 28.5 Å². The summed E-state index contributed by atoms with van der Waals surface area (Å²) in [5.41, 5.74) is 7.16. The molecule has 5 nitrogen and oxygen atoms in total. The highest BCUT2D eigenvalue weighted by molar-refractivity contribution is 5.95. The van der Waals surface area contributed by atoms with Gasteiger partial charge in [-0.3, -0.25) is 4.79 Å². The highest BCUT2D eigenvalue weighted by Crippen LogP contribution is 2.18. The molecule has 0 heterocycles. The summed E-state index contributed by atoms with van der Waals surface area (Å²) in [6, 6.07) is 18.0. The summed E-state index contributed by atoms with van der Waals surface area (Å²) in [5.74, 6) is -0.445. The zero-order valence-corrected chi connectivity index (χ0v) is 15.5. The average Bonchev–Trinajstić information content (AvgIpc) is 2.60. The maximum atomic E-state index is 12.8. The van der Waals surface area contributed by atoms with Gasteiger partial charge in [-0.25, -0.2) is 9.69 Å². The lowest BCUT2D eigenvalue weighted by Gasteiger charge is -2.34. The van der Waals surface area contributed by atoms with Crippen LogP contribution in [0.25, 0.3) is 0 Å². The molecule has 5 heteroatoms. The fourth-order valence-corrected chi connectivity index (χ4v) is 2.60. The van der Waals surface area contributed by atoms with E-state index in [4.69, 9.17) is 10.5 Å². The second-order valence-electron chi connectivity index (χ2n) is 7.18. The van der Waals surface area contributed by atoms with Crippen LogP contribution in [0.3, 0.4) is 0 Å². The first kappa shape index (κ1) is 19.7. The van der Waals surface area contributed by atoms with Gasteiger partial charge >= 0.3 is 6.09 Å². The Balaban J connectivity index is 2.07. The van der Waals surface area contributed by atoms with Crippen LogP contribution in [0, 0.1) is 0 Å². The molecular formula is C21H26N2O3. The highest BCUT2D eigenvalue weighted by Gasteiger charge is 2.36. The van der Waals surface area contributed by atoms with Crippen molar-refractivity contribution in [3.8, 4) is 0 Å². The third kappa shape index (κ3) is 5.43. The van der Waals surface area contributed by atoms with Gasteiger partial charge in [-0.05, 0) is 38.3 Å². The van der Waals surface area contributed by atoms with Crippen LogP contribution in [0.5, 0.6) is 0 Å². The van der Waals surface area contributed by atoms with Gasteiger partial charge in [0, 0.05) is 5.54 Å². The largest absolute Gasteiger partial charge is 0.444 e. The fourth-order valence-electron chi connectivity index (χ4n) is 2.60. The Hall–Kier alpha value is -2.66. The number of benzene rings is 2. The molecule has 1 unspecified atom stereocenters. The van der Waals surface area contributed by atoms with Crippen LogP contribution in [0.1, 0.15) is 31.9 Å². The number of hydrogen-bond acceptors (Lipinski definition) is 4. The Morgan fingerprint density at radius 3 is 1.96 bits per heavy atom. The summed E-state index contributed by atoms with van der Waals surface area (Å²) in [7, 11) is 0. The topological polar surface area (TPSA) is 72.6 Å². The lowest BCUT2D eigenvalue weighted by molar-refractivity contribution is -0.135. The Morgan fingerprint density at radius 1 is 0.962 bits per heavy atom. The van der Waals surface area contributed by atoms with Crippen LogP contribution in [0.15, 0.2) is 60.7 Å². The van der Waals surface area contributed by atoms with Crippen LogP contribution < -0.4 is 5.73 Å². The van der Waals surface area contributed by atoms with Crippen molar-refractivity contribution in [2.45, 2.75) is 45.4 Å². The second kappa shape index (κ2) is 8.63. The molecule has 2 aromatic rings. The van der Waals surface area contributed by atoms with Gasteiger partial charge in [0.1, 0.15) is 6.61 Å². The van der Waals surface area contributed by atoms with Crippen LogP contribution >= 0.6 is 0 Å². The highest BCUT2D eigenvalue weighted by atomic mass is 16.6. The predicted molar refractivity (Wildman–Crippen MR) is 101 cm³/mol. The lowest BCUT2D eigenvalue weighted by Crippen LogP contribution is -2.55. The lowest BCUT2D eigenvalue weighted by atomic mass is 10.0. The SMILES string of the molecule is CC(C)(C)N(C(=O)OCc1ccccc1)C(=O)C(N)Cc1ccccc1. The summed E-state index contributed by atoms with van der Waals surface area (Å²) in [6.45, 7) is 5.45. The quantitative estimate of drug-likeness (QED) is 0.892. The van der Waals surface area contributed by atoms with Crippen molar-refractivity contribution in [1.82, 2.24) is 4.90 Å². The molecule has 0 aliphatic carbocycles. The molecule has 2 N–H and O–H groups in total. The number of nitrogens with zero attached hydrogens (tertiary/aromatic N) is 1. The summed E-state index contributed by atoms with van der Waals surface area (Å²) in [5, 5.41) is 0. The number of ether oxygens (including phenoxy) is 1. The maximum absolute atomic E-state index is 12.8. The van der Waals surface area contributed by atoms with E-state index in [1.54, 1.807) is 20.8 Å². The Kier molecular flexibility index (Phi) is 6.52. The van der Waals surface area contributed by atoms with Crippen molar-refractivity contribution >= 4 is 12.0 Å². The number of hydrogen-bond donors (Lipinski definition) is 1. The van der Waals surface area contributed by atoms with E-state index < -0.39 is 23.6 Å². The molecule has 0 saturated carbocycles. The standard InChI is InChI=1S/C21H26N2O3/c1-21(2,3)23(20(25)26-15-17-12-8-5-9-13-17)19(24)18(22)14-16-10-6-4-7-11-16/h4-13,18H,14-15,22H2,1-3H3. The van der Waals surface area contributed by atoms with Crippen LogP contribution in [0.2, 0.25) is 0 Å². The Labute approximate surface area is 154 Å². The molecule has 0 radical (unpaired) electrons. The smallest absolute Gasteiger partial charge is 0.417 e. The van der Waals surface area contributed by atoms with Crippen LogP contribution in [0.4, 0.5) is 4.79 Å². The molecule has 0 aliphatic rings. The van der Waals surface area contributed by atoms with Gasteiger partial charge in [0.25, 0.3) is 0 Å². The van der Waals surface area contributed by atoms with Gasteiger partial charge in [-0.15, -0.1) is 0 Å². The number of nitrogens with two attached hydrogens (primary N) is 1. The van der Waals surface area contributed by atoms with Crippen molar-refractivity contribution in [3.05, 3.63) is 71.8 Å². The summed E-state index contributed by atoms with van der Waals surface area (Å²) < 4.78 is 5.35. The summed E-state index contributed by atoms with van der Waals surface area (Å²) in [6.07, 6.45) is -0.326. The average molecular weight is 354 g/mol. The van der Waals surface area contributed by atoms with Crippen molar-refractivity contribution in [1.29, 1.82) is 0 Å². The van der Waals surface area contributed by atoms with E-state index in [1.165, 1.54) is 0 Å². The molecule has 138 valence electrons. The third-order valence-electron chi connectivity index (χ3n) is 3.89. The first-order valence-electron chi connectivity index (χ1n) is 8.63. The van der Waals surface area contributed by atoms with E-state index in [9.17, 15) is 9.59 Å². The normalized spacial score (nSPS) is 12.3. The zero-order valence-electron chi connectivity index (χ0n) is 15.5. The van der Waals surface area contributed by atoms with E-state index in [2.05, 4.69) is 0 Å². The molecule has 0 saturated heterocycles. The molecule has 0 aliphatic heterocycles. The Morgan fingerprint density at radius 2 is 1.46 bits per heavy atom. The molecule has 2 aromatic carbocycles. The van der Waals surface area contributed by atoms with Crippen molar-refractivity contribution in [2.24, 2.45) is 5.73 Å². The van der Waals surface area contributed by atoms with Crippen molar-refractivity contribution in [2.75, 3.05) is 0 Å². The first-order chi connectivity index (χ1) is 12.3. The minimum atomic E-state index is -0.819. The number of amides is 2. The van der Waals surface area contributed by atoms with Crippen LogP contribution in [-0.2, 0) is 22.6 Å². The fraction of sp³-hybridized carbons (Fsp3) is 0.333. The first-order valence-corrected chi connectivity index (χ1v) is 8.63. The number of carbonyl (C=O) groups is 2. The molecular weight excluding hydrogens is 328 g/mol. The predicted octanol–water partition coefficient (Wildman–Crippen LogP) is 3.52. The molecule has 26 heavy (non-hydrogen) atoms. The summed E-state index contributed by atoms with van der Waals surface area (Å²) >= 11 is 0. The minimum absolute atomic E-state index is 0.105. The number of imide groups is 1. The van der Waals surface area contributed by atoms with Gasteiger partial charge in [-0.2, -0.15) is 0 Å². The van der Waals surface area contributed by atoms with E-state index in [1.807, 2.05) is 60.7 Å². The Bertz CT molecular complexity index is 724. The molecule has 0 bridgehead atoms. The van der Waals surface area contributed by atoms with E-state index in [-0.39, 0.29) is 6.61 Å². The molecule has 2 amide bonds. The molecule has 0 fully saturated rings. The molecule has 0 aromatic heterocycles. The third-order valence-corrected chi connectivity index (χ3v) is 3.89. The zero-order chi connectivity index (χ0) is 19.2. The van der Waals surface area contributed by atoms with E-state index in [0.717, 1.165) is 16.0 Å². The minimum Gasteiger partial charge on any atom is -0.444 e. The van der Waals surface area contributed by atoms with Gasteiger partial charge in [0.15, 0.2) is 0 Å². The van der Waals surface area contributed by atoms with Gasteiger partial charge in [0.05, 0.1) is 6.04 Å². The number of rotatable bonds is 5. The molecule has 1 atom stereocenters.